The van der Waals surface area contributed by atoms with E-state index < -0.39 is 7.82 Å². The number of hydrogen-bond acceptors (Lipinski definition) is 7. The number of unbranched alkanes of at least 4 members (excludes halogenated alkanes) is 6. The van der Waals surface area contributed by atoms with Crippen LogP contribution in [0.15, 0.2) is 0 Å². The summed E-state index contributed by atoms with van der Waals surface area (Å²) >= 11 is 0. The molecule has 7 nitrogen and oxygen atoms in total. The largest absolute Gasteiger partial charge is 1.00 e. The van der Waals surface area contributed by atoms with Crippen LogP contribution in [0.25, 0.3) is 0 Å². The van der Waals surface area contributed by atoms with E-state index >= 15 is 0 Å². The van der Waals surface area contributed by atoms with Crippen molar-refractivity contribution >= 4 is 7.82 Å². The van der Waals surface area contributed by atoms with Gasteiger partial charge in [-0.3, -0.25) is 0 Å². The maximum absolute atomic E-state index is 8.55. The SMILES string of the molecule is CCCCCCCCCOCCOCCO.O=P([O-])([O-])[O-].[Na+].[Na+].[Na+]. The summed E-state index contributed by atoms with van der Waals surface area (Å²) in [6.45, 7) is 4.84. The number of ether oxygens (including phenoxy) is 2. The molecule has 0 aromatic carbocycles. The van der Waals surface area contributed by atoms with E-state index in [0.717, 1.165) is 13.0 Å². The standard InChI is InChI=1S/C13H28O3.3Na.H3O4P/c1-2-3-4-5-6-7-8-10-15-12-13-16-11-9-14;;;;1-5(2,3)4/h14H,2-13H2,1H3;;;;(H3,1,2,3,4)/q;3*+1;/p-3. The minimum Gasteiger partial charge on any atom is -0.822 e. The van der Waals surface area contributed by atoms with E-state index in [1.54, 1.807) is 0 Å². The number of phosphoric acid groups is 1. The molecule has 0 aliphatic heterocycles. The van der Waals surface area contributed by atoms with Crippen molar-refractivity contribution in [3.8, 4) is 0 Å². The van der Waals surface area contributed by atoms with Crippen molar-refractivity contribution in [1.29, 1.82) is 0 Å². The van der Waals surface area contributed by atoms with E-state index in [9.17, 15) is 0 Å². The molecule has 11 heteroatoms. The molecule has 0 aliphatic rings. The van der Waals surface area contributed by atoms with Crippen LogP contribution in [0.2, 0.25) is 0 Å². The zero-order valence-corrected chi connectivity index (χ0v) is 22.7. The summed E-state index contributed by atoms with van der Waals surface area (Å²) in [5.74, 6) is 0. The van der Waals surface area contributed by atoms with Gasteiger partial charge in [0.1, 0.15) is 0 Å². The summed E-state index contributed by atoms with van der Waals surface area (Å²) in [4.78, 5) is 25.6. The zero-order valence-electron chi connectivity index (χ0n) is 15.8. The minimum atomic E-state index is -5.39. The van der Waals surface area contributed by atoms with Crippen LogP contribution in [0.1, 0.15) is 51.9 Å². The van der Waals surface area contributed by atoms with Crippen molar-refractivity contribution in [3.05, 3.63) is 0 Å². The maximum Gasteiger partial charge on any atom is 1.00 e. The van der Waals surface area contributed by atoms with Crippen molar-refractivity contribution in [2.75, 3.05) is 33.0 Å². The van der Waals surface area contributed by atoms with Crippen molar-refractivity contribution < 1.29 is 122 Å². The Labute approximate surface area is 212 Å². The van der Waals surface area contributed by atoms with Crippen molar-refractivity contribution in [1.82, 2.24) is 0 Å². The molecule has 24 heavy (non-hydrogen) atoms. The van der Waals surface area contributed by atoms with Crippen molar-refractivity contribution in [2.24, 2.45) is 0 Å². The van der Waals surface area contributed by atoms with E-state index in [2.05, 4.69) is 6.92 Å². The van der Waals surface area contributed by atoms with Gasteiger partial charge in [-0.05, 0) is 6.42 Å². The summed E-state index contributed by atoms with van der Waals surface area (Å²) in [6, 6.07) is 0. The Bertz CT molecular complexity index is 223. The van der Waals surface area contributed by atoms with Crippen LogP contribution in [0.4, 0.5) is 0 Å². The van der Waals surface area contributed by atoms with Gasteiger partial charge in [0, 0.05) is 6.61 Å². The van der Waals surface area contributed by atoms with Crippen molar-refractivity contribution in [3.63, 3.8) is 0 Å². The third-order valence-corrected chi connectivity index (χ3v) is 2.50. The van der Waals surface area contributed by atoms with Gasteiger partial charge in [0.05, 0.1) is 26.4 Å². The van der Waals surface area contributed by atoms with Crippen LogP contribution in [0, 0.1) is 0 Å². The third kappa shape index (κ3) is 56.3. The topological polar surface area (TPSA) is 125 Å². The van der Waals surface area contributed by atoms with Gasteiger partial charge in [0.25, 0.3) is 0 Å². The van der Waals surface area contributed by atoms with Crippen LogP contribution in [0.3, 0.4) is 0 Å². The zero-order chi connectivity index (χ0) is 16.4. The van der Waals surface area contributed by atoms with Crippen LogP contribution in [-0.2, 0) is 14.0 Å². The monoisotopic (exact) mass is 396 g/mol. The van der Waals surface area contributed by atoms with Gasteiger partial charge in [-0.1, -0.05) is 45.4 Å². The molecule has 0 spiro atoms. The molecule has 0 aromatic rings. The second kappa shape index (κ2) is 30.7. The van der Waals surface area contributed by atoms with E-state index in [1.807, 2.05) is 0 Å². The van der Waals surface area contributed by atoms with E-state index in [1.165, 1.54) is 38.5 Å². The third-order valence-electron chi connectivity index (χ3n) is 2.50. The molecule has 0 bridgehead atoms. The van der Waals surface area contributed by atoms with E-state index in [0.29, 0.717) is 19.8 Å². The van der Waals surface area contributed by atoms with Gasteiger partial charge >= 0.3 is 88.7 Å². The fourth-order valence-corrected chi connectivity index (χ4v) is 1.55. The first-order valence-corrected chi connectivity index (χ1v) is 8.87. The van der Waals surface area contributed by atoms with Gasteiger partial charge in [-0.2, -0.15) is 7.82 Å². The van der Waals surface area contributed by atoms with Crippen LogP contribution >= 0.6 is 7.82 Å². The number of aliphatic hydroxyl groups is 1. The van der Waals surface area contributed by atoms with Gasteiger partial charge < -0.3 is 33.8 Å². The molecular weight excluding hydrogens is 368 g/mol. The number of hydrogen-bond donors (Lipinski definition) is 1. The second-order valence-electron chi connectivity index (χ2n) is 4.52. The molecule has 0 radical (unpaired) electrons. The van der Waals surface area contributed by atoms with Crippen LogP contribution in [-0.4, -0.2) is 38.1 Å². The minimum absolute atomic E-state index is 0. The predicted molar refractivity (Wildman–Crippen MR) is 74.3 cm³/mol. The predicted octanol–water partition coefficient (Wildman–Crippen LogP) is -9.05. The molecule has 130 valence electrons. The Hall–Kier alpha value is 2.99. The van der Waals surface area contributed by atoms with E-state index in [-0.39, 0.29) is 95.3 Å². The first-order chi connectivity index (χ1) is 9.91. The molecule has 0 heterocycles. The molecule has 0 atom stereocenters. The average Bonchev–Trinajstić information content (AvgIpc) is 2.38. The first-order valence-electron chi connectivity index (χ1n) is 7.41. The number of aliphatic hydroxyl groups excluding tert-OH is 1. The van der Waals surface area contributed by atoms with Gasteiger partial charge in [0.15, 0.2) is 0 Å². The normalized spacial score (nSPS) is 9.71. The first kappa shape index (κ1) is 37.7. The Morgan fingerprint density at radius 3 is 1.54 bits per heavy atom. The summed E-state index contributed by atoms with van der Waals surface area (Å²) in [6.07, 6.45) is 9.22. The van der Waals surface area contributed by atoms with Crippen LogP contribution in [0.5, 0.6) is 0 Å². The quantitative estimate of drug-likeness (QED) is 0.186. The van der Waals surface area contributed by atoms with E-state index in [4.69, 9.17) is 33.8 Å². The second-order valence-corrected chi connectivity index (χ2v) is 5.41. The summed E-state index contributed by atoms with van der Waals surface area (Å²) < 4.78 is 19.0. The molecule has 0 unspecified atom stereocenters. The molecule has 0 saturated heterocycles. The maximum atomic E-state index is 8.55. The molecule has 0 fully saturated rings. The summed E-state index contributed by atoms with van der Waals surface area (Å²) in [5.41, 5.74) is 0. The van der Waals surface area contributed by atoms with Crippen LogP contribution < -0.4 is 103 Å². The molecule has 0 saturated carbocycles. The van der Waals surface area contributed by atoms with Gasteiger partial charge in [0.2, 0.25) is 0 Å². The molecule has 0 rings (SSSR count). The Balaban J connectivity index is -0.000000132. The van der Waals surface area contributed by atoms with Gasteiger partial charge in [-0.25, -0.2) is 0 Å². The average molecular weight is 396 g/mol. The molecule has 0 amide bonds. The fraction of sp³-hybridized carbons (Fsp3) is 1.00. The fourth-order valence-electron chi connectivity index (χ4n) is 1.55. The number of rotatable bonds is 13. The molecule has 0 aliphatic carbocycles. The Kier molecular flexibility index (Phi) is 48.2. The Morgan fingerprint density at radius 2 is 1.12 bits per heavy atom. The van der Waals surface area contributed by atoms with Gasteiger partial charge in [-0.15, -0.1) is 0 Å². The molecule has 0 aromatic heterocycles. The summed E-state index contributed by atoms with van der Waals surface area (Å²) in [5, 5.41) is 8.46. The van der Waals surface area contributed by atoms with Crippen molar-refractivity contribution in [2.45, 2.75) is 51.9 Å². The molecule has 1 N–H and O–H groups in total. The smallest absolute Gasteiger partial charge is 0.822 e. The Morgan fingerprint density at radius 1 is 0.750 bits per heavy atom. The molecular formula is C13H28Na3O7P. The summed E-state index contributed by atoms with van der Waals surface area (Å²) in [7, 11) is -5.39.